The van der Waals surface area contributed by atoms with E-state index in [1.54, 1.807) is 0 Å². The lowest BCUT2D eigenvalue weighted by Crippen LogP contribution is -2.34. The zero-order valence-electron chi connectivity index (χ0n) is 17.6. The van der Waals surface area contributed by atoms with Gasteiger partial charge in [0.15, 0.2) is 0 Å². The Morgan fingerprint density at radius 1 is 0.758 bits per heavy atom. The van der Waals surface area contributed by atoms with Crippen molar-refractivity contribution in [1.29, 1.82) is 0 Å². The van der Waals surface area contributed by atoms with Crippen LogP contribution in [0.15, 0.2) is 106 Å². The summed E-state index contributed by atoms with van der Waals surface area (Å²) in [6, 6.07) is 28.7. The predicted octanol–water partition coefficient (Wildman–Crippen LogP) is 7.14. The molecule has 7 rings (SSSR count). The number of hydrogen-bond acceptors (Lipinski definition) is 5. The number of furan rings is 2. The highest BCUT2D eigenvalue weighted by molar-refractivity contribution is 6.11. The van der Waals surface area contributed by atoms with Gasteiger partial charge in [0, 0.05) is 34.4 Å². The Bertz CT molecular complexity index is 1660. The Morgan fingerprint density at radius 2 is 1.48 bits per heavy atom. The maximum atomic E-state index is 6.20. The normalized spacial score (nSPS) is 15.1. The molecule has 33 heavy (non-hydrogen) atoms. The van der Waals surface area contributed by atoms with Crippen LogP contribution in [0.5, 0.6) is 0 Å². The van der Waals surface area contributed by atoms with E-state index in [-0.39, 0.29) is 6.17 Å². The summed E-state index contributed by atoms with van der Waals surface area (Å²) < 4.78 is 12.3. The Morgan fingerprint density at radius 3 is 2.33 bits per heavy atom. The Hall–Kier alpha value is -4.51. The van der Waals surface area contributed by atoms with Gasteiger partial charge < -0.3 is 19.1 Å². The fourth-order valence-electron chi connectivity index (χ4n) is 4.84. The molecule has 158 valence electrons. The van der Waals surface area contributed by atoms with Crippen molar-refractivity contribution in [3.05, 3.63) is 109 Å². The van der Waals surface area contributed by atoms with Gasteiger partial charge in [-0.05, 0) is 36.4 Å². The number of hydrogen-bond donors (Lipinski definition) is 1. The summed E-state index contributed by atoms with van der Waals surface area (Å²) in [5.74, 6) is 0.864. The average molecular weight is 429 g/mol. The van der Waals surface area contributed by atoms with E-state index >= 15 is 0 Å². The first-order valence-corrected chi connectivity index (χ1v) is 10.9. The number of nitrogens with one attached hydrogen (secondary N) is 1. The van der Waals surface area contributed by atoms with Gasteiger partial charge in [0.05, 0.1) is 11.1 Å². The van der Waals surface area contributed by atoms with Gasteiger partial charge in [0.2, 0.25) is 5.71 Å². The van der Waals surface area contributed by atoms with E-state index in [0.717, 1.165) is 50.0 Å². The summed E-state index contributed by atoms with van der Waals surface area (Å²) in [6.45, 7) is 0. The van der Waals surface area contributed by atoms with Crippen molar-refractivity contribution in [1.82, 2.24) is 10.3 Å². The molecule has 0 radical (unpaired) electrons. The van der Waals surface area contributed by atoms with Gasteiger partial charge in [-0.15, -0.1) is 0 Å². The van der Waals surface area contributed by atoms with E-state index in [4.69, 9.17) is 8.83 Å². The monoisotopic (exact) mass is 429 g/mol. The molecule has 0 aliphatic carbocycles. The summed E-state index contributed by atoms with van der Waals surface area (Å²) in [6.07, 6.45) is 5.57. The number of aromatic nitrogens is 1. The zero-order valence-corrected chi connectivity index (χ0v) is 17.6. The molecular weight excluding hydrogens is 410 g/mol. The van der Waals surface area contributed by atoms with Crippen molar-refractivity contribution in [2.24, 2.45) is 0 Å². The fraction of sp³-hybridized carbons (Fsp3) is 0.0357. The van der Waals surface area contributed by atoms with E-state index in [9.17, 15) is 0 Å². The molecule has 1 N–H and O–H groups in total. The molecule has 1 aliphatic heterocycles. The van der Waals surface area contributed by atoms with E-state index < -0.39 is 0 Å². The van der Waals surface area contributed by atoms with E-state index in [1.807, 2.05) is 54.9 Å². The number of fused-ring (bicyclic) bond motifs is 6. The summed E-state index contributed by atoms with van der Waals surface area (Å²) >= 11 is 0. The van der Waals surface area contributed by atoms with Crippen molar-refractivity contribution in [3.8, 4) is 0 Å². The van der Waals surface area contributed by atoms with Crippen LogP contribution in [0.1, 0.15) is 17.5 Å². The lowest BCUT2D eigenvalue weighted by atomic mass is 10.0. The van der Waals surface area contributed by atoms with Gasteiger partial charge >= 0.3 is 0 Å². The average Bonchev–Trinajstić information content (AvgIpc) is 3.44. The molecule has 4 heterocycles. The van der Waals surface area contributed by atoms with Crippen molar-refractivity contribution >= 4 is 50.5 Å². The third-order valence-electron chi connectivity index (χ3n) is 6.23. The zero-order chi connectivity index (χ0) is 21.8. The summed E-state index contributed by atoms with van der Waals surface area (Å²) in [5.41, 5.74) is 5.50. The van der Waals surface area contributed by atoms with Crippen LogP contribution in [0.2, 0.25) is 0 Å². The molecule has 0 bridgehead atoms. The third kappa shape index (κ3) is 2.69. The fourth-order valence-corrected chi connectivity index (χ4v) is 4.84. The highest BCUT2D eigenvalue weighted by Gasteiger charge is 2.31. The van der Waals surface area contributed by atoms with E-state index in [2.05, 4.69) is 63.7 Å². The van der Waals surface area contributed by atoms with Crippen LogP contribution in [-0.4, -0.2) is 4.98 Å². The highest BCUT2D eigenvalue weighted by Crippen LogP contribution is 2.44. The number of nitrogens with zero attached hydrogens (tertiary/aromatic N) is 2. The predicted molar refractivity (Wildman–Crippen MR) is 131 cm³/mol. The smallest absolute Gasteiger partial charge is 0.229 e. The number of pyridine rings is 1. The molecule has 3 aromatic heterocycles. The minimum Gasteiger partial charge on any atom is -0.456 e. The van der Waals surface area contributed by atoms with E-state index in [1.165, 1.54) is 0 Å². The Labute approximate surface area is 189 Å². The molecule has 0 amide bonds. The molecule has 1 atom stereocenters. The molecular formula is C28H19N3O2. The lowest BCUT2D eigenvalue weighted by Gasteiger charge is -2.35. The van der Waals surface area contributed by atoms with Gasteiger partial charge in [0.1, 0.15) is 23.1 Å². The number of anilines is 2. The Kier molecular flexibility index (Phi) is 3.84. The topological polar surface area (TPSA) is 54.4 Å². The summed E-state index contributed by atoms with van der Waals surface area (Å²) in [7, 11) is 0. The van der Waals surface area contributed by atoms with Crippen molar-refractivity contribution < 1.29 is 8.83 Å². The number of benzene rings is 3. The summed E-state index contributed by atoms with van der Waals surface area (Å²) in [4.78, 5) is 6.84. The van der Waals surface area contributed by atoms with Gasteiger partial charge in [-0.1, -0.05) is 54.6 Å². The molecule has 0 saturated heterocycles. The van der Waals surface area contributed by atoms with E-state index in [0.29, 0.717) is 5.71 Å². The molecule has 3 aromatic carbocycles. The highest BCUT2D eigenvalue weighted by atomic mass is 16.3. The number of para-hydroxylation sites is 3. The van der Waals surface area contributed by atoms with Crippen LogP contribution in [0, 0.1) is 0 Å². The molecule has 1 aliphatic rings. The Balaban J connectivity index is 1.54. The minimum absolute atomic E-state index is 0.185. The van der Waals surface area contributed by atoms with Crippen LogP contribution >= 0.6 is 0 Å². The van der Waals surface area contributed by atoms with Crippen molar-refractivity contribution in [2.75, 3.05) is 4.90 Å². The second-order valence-corrected chi connectivity index (χ2v) is 8.09. The maximum absolute atomic E-state index is 6.20. The quantitative estimate of drug-likeness (QED) is 0.324. The molecule has 6 aromatic rings. The molecule has 5 heteroatoms. The maximum Gasteiger partial charge on any atom is 0.229 e. The van der Waals surface area contributed by atoms with Crippen LogP contribution in [0.4, 0.5) is 11.4 Å². The largest absolute Gasteiger partial charge is 0.456 e. The van der Waals surface area contributed by atoms with Crippen LogP contribution in [0.25, 0.3) is 39.1 Å². The van der Waals surface area contributed by atoms with Crippen LogP contribution in [0.3, 0.4) is 0 Å². The van der Waals surface area contributed by atoms with Crippen molar-refractivity contribution in [2.45, 2.75) is 6.17 Å². The van der Waals surface area contributed by atoms with Gasteiger partial charge in [-0.3, -0.25) is 0 Å². The molecule has 1 unspecified atom stereocenters. The number of rotatable bonds is 3. The molecule has 0 saturated carbocycles. The second kappa shape index (κ2) is 7.00. The van der Waals surface area contributed by atoms with Gasteiger partial charge in [-0.2, -0.15) is 0 Å². The SMILES string of the molecule is C1=Cc2oc3ccccc3c2C(N(c2ccccc2)c2ccnc3oc4ccccc4c23)N1. The molecule has 0 fully saturated rings. The molecule has 5 nitrogen and oxygen atoms in total. The van der Waals surface area contributed by atoms with Gasteiger partial charge in [-0.25, -0.2) is 4.98 Å². The first-order valence-electron chi connectivity index (χ1n) is 10.9. The summed E-state index contributed by atoms with van der Waals surface area (Å²) in [5, 5.41) is 6.72. The van der Waals surface area contributed by atoms with Crippen LogP contribution < -0.4 is 10.2 Å². The standard InChI is InChI=1S/C28H19N3O2/c1-2-8-18(9-3-1)31(21-14-16-30-28-25(21)19-10-4-7-13-23(19)33-28)27-26-20-11-5-6-12-22(20)32-24(26)15-17-29-27/h1-17,27,29H. The molecule has 0 spiro atoms. The second-order valence-electron chi connectivity index (χ2n) is 8.09. The lowest BCUT2D eigenvalue weighted by molar-refractivity contribution is 0.561. The van der Waals surface area contributed by atoms with Crippen molar-refractivity contribution in [3.63, 3.8) is 0 Å². The van der Waals surface area contributed by atoms with Crippen LogP contribution in [-0.2, 0) is 0 Å². The first-order chi connectivity index (χ1) is 16.4. The third-order valence-corrected chi connectivity index (χ3v) is 6.23. The first kappa shape index (κ1) is 18.1. The van der Waals surface area contributed by atoms with Gasteiger partial charge in [0.25, 0.3) is 0 Å². The minimum atomic E-state index is -0.185.